The molecule has 2 aromatic carbocycles. The summed E-state index contributed by atoms with van der Waals surface area (Å²) < 4.78 is 0. The highest BCUT2D eigenvalue weighted by Crippen LogP contribution is 2.31. The van der Waals surface area contributed by atoms with Gasteiger partial charge in [0.2, 0.25) is 11.8 Å². The fraction of sp³-hybridized carbons (Fsp3) is 0.644. The van der Waals surface area contributed by atoms with Crippen molar-refractivity contribution in [2.45, 2.75) is 109 Å². The van der Waals surface area contributed by atoms with Gasteiger partial charge in [-0.15, -0.1) is 12.4 Å². The maximum absolute atomic E-state index is 11.9. The third-order valence-corrected chi connectivity index (χ3v) is 13.7. The number of nitrogens with zero attached hydrogens (tertiary/aromatic N) is 6. The molecule has 0 unspecified atom stereocenters. The summed E-state index contributed by atoms with van der Waals surface area (Å²) in [4.78, 5) is 33.4. The van der Waals surface area contributed by atoms with Gasteiger partial charge in [0.25, 0.3) is 0 Å². The zero-order valence-corrected chi connectivity index (χ0v) is 37.9. The first kappa shape index (κ1) is 48.7. The number of nitriles is 2. The van der Waals surface area contributed by atoms with Crippen molar-refractivity contribution in [2.75, 3.05) is 75.2 Å². The van der Waals surface area contributed by atoms with E-state index in [2.05, 4.69) is 54.5 Å². The molecule has 59 heavy (non-hydrogen) atoms. The first-order valence-corrected chi connectivity index (χ1v) is 22.7. The zero-order chi connectivity index (χ0) is 41.3. The Morgan fingerprint density at radius 1 is 0.644 bits per heavy atom. The molecule has 10 nitrogen and oxygen atoms in total. The Hall–Kier alpha value is -2.96. The molecule has 2 saturated carbocycles. The van der Waals surface area contributed by atoms with Crippen molar-refractivity contribution >= 4 is 70.4 Å². The Kier molecular flexibility index (Phi) is 21.2. The molecule has 2 aromatic rings. The van der Waals surface area contributed by atoms with Crippen molar-refractivity contribution in [3.63, 3.8) is 0 Å². The average Bonchev–Trinajstić information content (AvgIpc) is 3.23. The van der Waals surface area contributed by atoms with E-state index in [1.165, 1.54) is 50.8 Å². The molecule has 0 radical (unpaired) electrons. The molecule has 2 aliphatic heterocycles. The Labute approximate surface area is 374 Å². The lowest BCUT2D eigenvalue weighted by molar-refractivity contribution is -0.122. The van der Waals surface area contributed by atoms with Gasteiger partial charge < -0.3 is 20.4 Å². The quantitative estimate of drug-likeness (QED) is 0.181. The SMILES string of the molecule is Cc1ccc(N2CCN(CCC3CCC(NC(=O)CC#N)CC3)CC2)cc1Cl.Cl.N#CCCCC(=O)NC1CCC(CCN2CCN(c3ccc(Cl)c(Cl)c3)CC2)CC1. The number of anilines is 2. The highest BCUT2D eigenvalue weighted by molar-refractivity contribution is 6.42. The topological polar surface area (TPSA) is 119 Å². The third kappa shape index (κ3) is 16.4. The van der Waals surface area contributed by atoms with Crippen molar-refractivity contribution in [1.29, 1.82) is 10.5 Å². The van der Waals surface area contributed by atoms with Gasteiger partial charge in [-0.05, 0) is 138 Å². The molecule has 2 aliphatic carbocycles. The lowest BCUT2D eigenvalue weighted by atomic mass is 9.84. The lowest BCUT2D eigenvalue weighted by Crippen LogP contribution is -2.47. The first-order valence-electron chi connectivity index (χ1n) is 21.6. The van der Waals surface area contributed by atoms with E-state index in [1.807, 2.05) is 31.2 Å². The Morgan fingerprint density at radius 3 is 1.58 bits per heavy atom. The second kappa shape index (κ2) is 25.7. The second-order valence-corrected chi connectivity index (χ2v) is 17.9. The Balaban J connectivity index is 0.000000257. The van der Waals surface area contributed by atoms with Crippen LogP contribution >= 0.6 is 47.2 Å². The van der Waals surface area contributed by atoms with E-state index in [4.69, 9.17) is 45.3 Å². The highest BCUT2D eigenvalue weighted by Gasteiger charge is 2.26. The molecule has 4 aliphatic rings. The Morgan fingerprint density at radius 2 is 1.12 bits per heavy atom. The molecule has 14 heteroatoms. The van der Waals surface area contributed by atoms with Crippen LogP contribution in [0, 0.1) is 41.4 Å². The van der Waals surface area contributed by atoms with Crippen LogP contribution in [0.2, 0.25) is 15.1 Å². The van der Waals surface area contributed by atoms with Gasteiger partial charge in [-0.25, -0.2) is 0 Å². The summed E-state index contributed by atoms with van der Waals surface area (Å²) in [6, 6.07) is 16.8. The van der Waals surface area contributed by atoms with E-state index >= 15 is 0 Å². The number of rotatable bonds is 14. The number of hydrogen-bond acceptors (Lipinski definition) is 8. The van der Waals surface area contributed by atoms with Crippen LogP contribution in [0.5, 0.6) is 0 Å². The van der Waals surface area contributed by atoms with Crippen LogP contribution in [-0.2, 0) is 9.59 Å². The summed E-state index contributed by atoms with van der Waals surface area (Å²) in [5, 5.41) is 25.3. The minimum Gasteiger partial charge on any atom is -0.369 e. The largest absolute Gasteiger partial charge is 0.369 e. The maximum Gasteiger partial charge on any atom is 0.234 e. The molecule has 4 fully saturated rings. The molecular weight excluding hydrogens is 826 g/mol. The van der Waals surface area contributed by atoms with Crippen LogP contribution in [0.15, 0.2) is 36.4 Å². The zero-order valence-electron chi connectivity index (χ0n) is 34.8. The second-order valence-electron chi connectivity index (χ2n) is 16.7. The number of carbonyl (C=O) groups is 2. The van der Waals surface area contributed by atoms with E-state index in [0.717, 1.165) is 113 Å². The van der Waals surface area contributed by atoms with Crippen molar-refractivity contribution in [2.24, 2.45) is 11.8 Å². The molecule has 0 bridgehead atoms. The Bertz CT molecular complexity index is 1690. The number of unbranched alkanes of at least 4 members (excludes halogenated alkanes) is 1. The number of hydrogen-bond donors (Lipinski definition) is 2. The van der Waals surface area contributed by atoms with Crippen LogP contribution < -0.4 is 20.4 Å². The number of piperazine rings is 2. The lowest BCUT2D eigenvalue weighted by Gasteiger charge is -2.37. The van der Waals surface area contributed by atoms with Crippen LogP contribution in [0.1, 0.15) is 95.5 Å². The summed E-state index contributed by atoms with van der Waals surface area (Å²) in [5.41, 5.74) is 3.51. The fourth-order valence-electron chi connectivity index (χ4n) is 8.82. The summed E-state index contributed by atoms with van der Waals surface area (Å²) in [6.45, 7) is 12.9. The van der Waals surface area contributed by atoms with Crippen molar-refractivity contribution in [1.82, 2.24) is 20.4 Å². The maximum atomic E-state index is 11.9. The number of amides is 2. The van der Waals surface area contributed by atoms with Gasteiger partial charge in [0.05, 0.1) is 22.2 Å². The average molecular weight is 891 g/mol. The molecule has 2 saturated heterocycles. The normalized spacial score (nSPS) is 22.5. The molecule has 2 heterocycles. The van der Waals surface area contributed by atoms with Gasteiger partial charge in [-0.3, -0.25) is 19.4 Å². The molecule has 0 aromatic heterocycles. The number of halogens is 4. The molecule has 0 atom stereocenters. The van der Waals surface area contributed by atoms with E-state index in [9.17, 15) is 9.59 Å². The van der Waals surface area contributed by atoms with Gasteiger partial charge in [-0.1, -0.05) is 40.9 Å². The smallest absolute Gasteiger partial charge is 0.234 e. The fourth-order valence-corrected chi connectivity index (χ4v) is 9.29. The third-order valence-electron chi connectivity index (χ3n) is 12.6. The molecule has 0 spiro atoms. The highest BCUT2D eigenvalue weighted by atomic mass is 35.5. The minimum atomic E-state index is -0.126. The summed E-state index contributed by atoms with van der Waals surface area (Å²) in [7, 11) is 0. The van der Waals surface area contributed by atoms with Crippen molar-refractivity contribution in [3.05, 3.63) is 57.0 Å². The number of aryl methyl sites for hydroxylation is 1. The summed E-state index contributed by atoms with van der Waals surface area (Å²) in [5.74, 6) is 1.51. The van der Waals surface area contributed by atoms with Gasteiger partial charge in [0, 0.05) is 93.7 Å². The van der Waals surface area contributed by atoms with Gasteiger partial charge >= 0.3 is 0 Å². The predicted octanol–water partition coefficient (Wildman–Crippen LogP) is 9.05. The summed E-state index contributed by atoms with van der Waals surface area (Å²) in [6.07, 6.45) is 13.1. The molecule has 2 amide bonds. The van der Waals surface area contributed by atoms with Crippen LogP contribution in [0.25, 0.3) is 0 Å². The predicted molar refractivity (Wildman–Crippen MR) is 244 cm³/mol. The van der Waals surface area contributed by atoms with Gasteiger partial charge in [-0.2, -0.15) is 10.5 Å². The van der Waals surface area contributed by atoms with Crippen molar-refractivity contribution in [3.8, 4) is 12.1 Å². The van der Waals surface area contributed by atoms with Crippen LogP contribution in [-0.4, -0.2) is 99.1 Å². The number of benzene rings is 2. The van der Waals surface area contributed by atoms with E-state index in [0.29, 0.717) is 35.3 Å². The summed E-state index contributed by atoms with van der Waals surface area (Å²) >= 11 is 18.5. The van der Waals surface area contributed by atoms with E-state index in [-0.39, 0.29) is 36.7 Å². The van der Waals surface area contributed by atoms with Crippen LogP contribution in [0.3, 0.4) is 0 Å². The molecule has 324 valence electrons. The minimum absolute atomic E-state index is 0. The van der Waals surface area contributed by atoms with Gasteiger partial charge in [0.1, 0.15) is 6.42 Å². The molecule has 2 N–H and O–H groups in total. The number of nitrogens with one attached hydrogen (secondary N) is 2. The first-order chi connectivity index (χ1) is 28.1. The van der Waals surface area contributed by atoms with Gasteiger partial charge in [0.15, 0.2) is 0 Å². The number of carbonyl (C=O) groups excluding carboxylic acids is 2. The van der Waals surface area contributed by atoms with Crippen molar-refractivity contribution < 1.29 is 9.59 Å². The molecule has 6 rings (SSSR count). The van der Waals surface area contributed by atoms with E-state index < -0.39 is 0 Å². The monoisotopic (exact) mass is 888 g/mol. The molecular formula is C45H64Cl4N8O2. The van der Waals surface area contributed by atoms with Crippen LogP contribution in [0.4, 0.5) is 11.4 Å². The van der Waals surface area contributed by atoms with E-state index in [1.54, 1.807) is 0 Å². The standard InChI is InChI=1S/C23H32Cl2N4O.C22H31ClN4O.ClH/c24-21-9-8-20(17-22(21)25)29-15-13-28(14-16-29)12-10-18-4-6-19(7-5-18)27-23(30)3-1-2-11-26;1-17-2-7-20(16-21(17)23)27-14-12-26(13-15-27)11-9-18-3-5-19(6-4-18)25-22(28)8-10-24;/h8-9,17-19H,1-7,10,12-16H2,(H,27,30);2,7,16,18-19H,3-6,8-9,11-15H2,1H3,(H,25,28);1H.